The van der Waals surface area contributed by atoms with Gasteiger partial charge < -0.3 is 15.1 Å². The number of carbonyl (C=O) groups is 1. The van der Waals surface area contributed by atoms with Gasteiger partial charge in [-0.15, -0.1) is 0 Å². The summed E-state index contributed by atoms with van der Waals surface area (Å²) < 4.78 is 0. The molecular weight excluding hydrogens is 262 g/mol. The average Bonchev–Trinajstić information content (AvgIpc) is 2.50. The van der Waals surface area contributed by atoms with Gasteiger partial charge in [0, 0.05) is 37.4 Å². The summed E-state index contributed by atoms with van der Waals surface area (Å²) in [7, 11) is 4.15. The molecule has 0 radical (unpaired) electrons. The molecule has 0 aromatic heterocycles. The lowest BCUT2D eigenvalue weighted by atomic mass is 10.2. The predicted octanol–water partition coefficient (Wildman–Crippen LogP) is 2.60. The molecule has 1 rings (SSSR count). The van der Waals surface area contributed by atoms with Gasteiger partial charge in [0.1, 0.15) is 0 Å². The summed E-state index contributed by atoms with van der Waals surface area (Å²) in [5.41, 5.74) is 1.85. The van der Waals surface area contributed by atoms with Crippen molar-refractivity contribution in [2.45, 2.75) is 33.2 Å². The number of hydrogen-bond acceptors (Lipinski definition) is 3. The minimum absolute atomic E-state index is 0.00732. The van der Waals surface area contributed by atoms with Crippen LogP contribution in [-0.4, -0.2) is 50.6 Å². The standard InChI is InChI=1S/C17H29N3O/c1-6-19(4)16-10-8-15(9-11-16)17(21)18-12-7-13-20(5)14(2)3/h8-11,14H,6-7,12-13H2,1-5H3,(H,18,21). The molecule has 118 valence electrons. The zero-order chi connectivity index (χ0) is 15.8. The molecule has 1 aromatic rings. The molecule has 1 amide bonds. The first-order valence-electron chi connectivity index (χ1n) is 7.75. The number of nitrogens with one attached hydrogen (secondary N) is 1. The van der Waals surface area contributed by atoms with Crippen LogP contribution in [0.2, 0.25) is 0 Å². The third kappa shape index (κ3) is 5.76. The maximum Gasteiger partial charge on any atom is 0.251 e. The van der Waals surface area contributed by atoms with Gasteiger partial charge in [0.15, 0.2) is 0 Å². The highest BCUT2D eigenvalue weighted by Crippen LogP contribution is 2.13. The average molecular weight is 291 g/mol. The lowest BCUT2D eigenvalue weighted by Crippen LogP contribution is -2.31. The molecule has 0 fully saturated rings. The molecule has 0 spiro atoms. The molecule has 1 aromatic carbocycles. The van der Waals surface area contributed by atoms with Crippen LogP contribution in [0.1, 0.15) is 37.6 Å². The Morgan fingerprint density at radius 1 is 1.19 bits per heavy atom. The van der Waals surface area contributed by atoms with E-state index in [0.717, 1.165) is 30.8 Å². The highest BCUT2D eigenvalue weighted by Gasteiger charge is 2.07. The van der Waals surface area contributed by atoms with Gasteiger partial charge in [0.25, 0.3) is 5.91 Å². The van der Waals surface area contributed by atoms with Gasteiger partial charge in [-0.25, -0.2) is 0 Å². The number of rotatable bonds is 8. The van der Waals surface area contributed by atoms with E-state index in [4.69, 9.17) is 0 Å². The monoisotopic (exact) mass is 291 g/mol. The zero-order valence-corrected chi connectivity index (χ0v) is 14.0. The van der Waals surface area contributed by atoms with E-state index in [2.05, 4.69) is 42.9 Å². The Kier molecular flexibility index (Phi) is 7.23. The minimum Gasteiger partial charge on any atom is -0.375 e. The molecular formula is C17H29N3O. The topological polar surface area (TPSA) is 35.6 Å². The molecule has 0 aliphatic rings. The summed E-state index contributed by atoms with van der Waals surface area (Å²) in [5, 5.41) is 2.98. The van der Waals surface area contributed by atoms with Crippen LogP contribution < -0.4 is 10.2 Å². The molecule has 0 aliphatic carbocycles. The summed E-state index contributed by atoms with van der Waals surface area (Å²) >= 11 is 0. The lowest BCUT2D eigenvalue weighted by molar-refractivity contribution is 0.0951. The van der Waals surface area contributed by atoms with E-state index in [0.29, 0.717) is 12.6 Å². The number of nitrogens with zero attached hydrogens (tertiary/aromatic N) is 2. The van der Waals surface area contributed by atoms with Gasteiger partial charge in [-0.05, 0) is 65.0 Å². The van der Waals surface area contributed by atoms with Crippen molar-refractivity contribution in [3.05, 3.63) is 29.8 Å². The molecule has 0 saturated carbocycles. The first kappa shape index (κ1) is 17.5. The highest BCUT2D eigenvalue weighted by atomic mass is 16.1. The molecule has 4 nitrogen and oxygen atoms in total. The van der Waals surface area contributed by atoms with Crippen LogP contribution in [-0.2, 0) is 0 Å². The number of anilines is 1. The van der Waals surface area contributed by atoms with Crippen LogP contribution in [0.15, 0.2) is 24.3 Å². The Labute approximate surface area is 129 Å². The second-order valence-corrected chi connectivity index (χ2v) is 5.74. The van der Waals surface area contributed by atoms with Crippen LogP contribution >= 0.6 is 0 Å². The largest absolute Gasteiger partial charge is 0.375 e. The molecule has 1 N–H and O–H groups in total. The van der Waals surface area contributed by atoms with Gasteiger partial charge in [-0.3, -0.25) is 4.79 Å². The van der Waals surface area contributed by atoms with Crippen molar-refractivity contribution >= 4 is 11.6 Å². The number of benzene rings is 1. The SMILES string of the molecule is CCN(C)c1ccc(C(=O)NCCCN(C)C(C)C)cc1. The number of hydrogen-bond donors (Lipinski definition) is 1. The molecule has 0 saturated heterocycles. The Hall–Kier alpha value is -1.55. The highest BCUT2D eigenvalue weighted by molar-refractivity contribution is 5.94. The minimum atomic E-state index is 0.00732. The summed E-state index contributed by atoms with van der Waals surface area (Å²) in [6.45, 7) is 9.12. The van der Waals surface area contributed by atoms with E-state index in [-0.39, 0.29) is 5.91 Å². The summed E-state index contributed by atoms with van der Waals surface area (Å²) in [6.07, 6.45) is 0.969. The second kappa shape index (κ2) is 8.67. The molecule has 21 heavy (non-hydrogen) atoms. The first-order chi connectivity index (χ1) is 9.95. The third-order valence-electron chi connectivity index (χ3n) is 3.90. The normalized spacial score (nSPS) is 11.0. The van der Waals surface area contributed by atoms with Crippen LogP contribution in [0, 0.1) is 0 Å². The van der Waals surface area contributed by atoms with Gasteiger partial charge in [-0.2, -0.15) is 0 Å². The second-order valence-electron chi connectivity index (χ2n) is 5.74. The number of carbonyl (C=O) groups excluding carboxylic acids is 1. The third-order valence-corrected chi connectivity index (χ3v) is 3.90. The molecule has 0 heterocycles. The van der Waals surface area contributed by atoms with Gasteiger partial charge in [0.2, 0.25) is 0 Å². The maximum atomic E-state index is 12.0. The van der Waals surface area contributed by atoms with Crippen molar-refractivity contribution in [3.8, 4) is 0 Å². The van der Waals surface area contributed by atoms with Crippen molar-refractivity contribution in [1.82, 2.24) is 10.2 Å². The zero-order valence-electron chi connectivity index (χ0n) is 14.0. The van der Waals surface area contributed by atoms with E-state index in [1.807, 2.05) is 31.3 Å². The van der Waals surface area contributed by atoms with E-state index in [1.54, 1.807) is 0 Å². The molecule has 0 aliphatic heterocycles. The van der Waals surface area contributed by atoms with Crippen LogP contribution in [0.5, 0.6) is 0 Å². The van der Waals surface area contributed by atoms with Crippen LogP contribution in [0.3, 0.4) is 0 Å². The van der Waals surface area contributed by atoms with Crippen molar-refractivity contribution in [3.63, 3.8) is 0 Å². The van der Waals surface area contributed by atoms with Crippen LogP contribution in [0.25, 0.3) is 0 Å². The Morgan fingerprint density at radius 3 is 2.33 bits per heavy atom. The summed E-state index contributed by atoms with van der Waals surface area (Å²) in [5.74, 6) is 0.00732. The predicted molar refractivity (Wildman–Crippen MR) is 90.1 cm³/mol. The van der Waals surface area contributed by atoms with Crippen molar-refractivity contribution in [2.24, 2.45) is 0 Å². The Balaban J connectivity index is 2.39. The van der Waals surface area contributed by atoms with Gasteiger partial charge >= 0.3 is 0 Å². The lowest BCUT2D eigenvalue weighted by Gasteiger charge is -2.20. The van der Waals surface area contributed by atoms with E-state index < -0.39 is 0 Å². The maximum absolute atomic E-state index is 12.0. The molecule has 4 heteroatoms. The number of amides is 1. The summed E-state index contributed by atoms with van der Waals surface area (Å²) in [6, 6.07) is 8.30. The van der Waals surface area contributed by atoms with E-state index >= 15 is 0 Å². The molecule has 0 unspecified atom stereocenters. The van der Waals surface area contributed by atoms with Crippen molar-refractivity contribution in [2.75, 3.05) is 38.6 Å². The van der Waals surface area contributed by atoms with E-state index in [1.165, 1.54) is 0 Å². The fourth-order valence-corrected chi connectivity index (χ4v) is 1.94. The smallest absolute Gasteiger partial charge is 0.251 e. The van der Waals surface area contributed by atoms with Crippen LogP contribution in [0.4, 0.5) is 5.69 Å². The van der Waals surface area contributed by atoms with E-state index in [9.17, 15) is 4.79 Å². The van der Waals surface area contributed by atoms with Crippen molar-refractivity contribution in [1.29, 1.82) is 0 Å². The fraction of sp³-hybridized carbons (Fsp3) is 0.588. The summed E-state index contributed by atoms with van der Waals surface area (Å²) in [4.78, 5) is 16.5. The fourth-order valence-electron chi connectivity index (χ4n) is 1.94. The van der Waals surface area contributed by atoms with Crippen molar-refractivity contribution < 1.29 is 4.79 Å². The Morgan fingerprint density at radius 2 is 1.81 bits per heavy atom. The molecule has 0 bridgehead atoms. The van der Waals surface area contributed by atoms with Gasteiger partial charge in [-0.1, -0.05) is 0 Å². The first-order valence-corrected chi connectivity index (χ1v) is 7.75. The van der Waals surface area contributed by atoms with Gasteiger partial charge in [0.05, 0.1) is 0 Å². The Bertz CT molecular complexity index is 428. The molecule has 0 atom stereocenters. The quantitative estimate of drug-likeness (QED) is 0.748.